The second-order valence-electron chi connectivity index (χ2n) is 3.92. The maximum Gasteiger partial charge on any atom is 0.134 e. The fourth-order valence-corrected chi connectivity index (χ4v) is 2.25. The zero-order valence-electron chi connectivity index (χ0n) is 9.64. The standard InChI is InChI=1S/C11H13BrN4S/c1-7(2)11-15-9(12)3-10(16-11)13-4-8-5-17-6-14-8/h3,5-7H,4H2,1-2H3,(H,13,15,16). The highest BCUT2D eigenvalue weighted by Gasteiger charge is 2.06. The van der Waals surface area contributed by atoms with Gasteiger partial charge in [-0.3, -0.25) is 0 Å². The van der Waals surface area contributed by atoms with Crippen molar-refractivity contribution in [1.29, 1.82) is 0 Å². The molecular formula is C11H13BrN4S. The summed E-state index contributed by atoms with van der Waals surface area (Å²) in [7, 11) is 0. The summed E-state index contributed by atoms with van der Waals surface area (Å²) in [6.07, 6.45) is 0. The Kier molecular flexibility index (Phi) is 4.06. The highest BCUT2D eigenvalue weighted by molar-refractivity contribution is 9.10. The molecule has 0 amide bonds. The van der Waals surface area contributed by atoms with Crippen LogP contribution in [0.5, 0.6) is 0 Å². The van der Waals surface area contributed by atoms with Gasteiger partial charge in [-0.1, -0.05) is 13.8 Å². The molecule has 17 heavy (non-hydrogen) atoms. The van der Waals surface area contributed by atoms with Gasteiger partial charge in [0, 0.05) is 17.4 Å². The number of thiazole rings is 1. The smallest absolute Gasteiger partial charge is 0.134 e. The molecule has 2 aromatic rings. The van der Waals surface area contributed by atoms with Crippen LogP contribution in [0.15, 0.2) is 21.6 Å². The van der Waals surface area contributed by atoms with Crippen LogP contribution < -0.4 is 5.32 Å². The molecule has 0 aromatic carbocycles. The second-order valence-corrected chi connectivity index (χ2v) is 5.45. The second kappa shape index (κ2) is 5.55. The molecule has 0 saturated carbocycles. The minimum absolute atomic E-state index is 0.312. The third-order valence-corrected chi connectivity index (χ3v) is 3.20. The van der Waals surface area contributed by atoms with Crippen molar-refractivity contribution in [3.05, 3.63) is 33.1 Å². The van der Waals surface area contributed by atoms with E-state index in [2.05, 4.69) is 50.0 Å². The Hall–Kier alpha value is -1.01. The predicted molar refractivity (Wildman–Crippen MR) is 73.3 cm³/mol. The van der Waals surface area contributed by atoms with Gasteiger partial charge in [-0.05, 0) is 15.9 Å². The van der Waals surface area contributed by atoms with Crippen molar-refractivity contribution >= 4 is 33.1 Å². The van der Waals surface area contributed by atoms with Gasteiger partial charge >= 0.3 is 0 Å². The van der Waals surface area contributed by atoms with E-state index >= 15 is 0 Å². The quantitative estimate of drug-likeness (QED) is 0.879. The lowest BCUT2D eigenvalue weighted by molar-refractivity contribution is 0.769. The first kappa shape index (κ1) is 12.4. The SMILES string of the molecule is CC(C)c1nc(Br)cc(NCc2cscn2)n1. The molecule has 1 N–H and O–H groups in total. The Labute approximate surface area is 113 Å². The van der Waals surface area contributed by atoms with E-state index in [1.165, 1.54) is 0 Å². The average Bonchev–Trinajstić information content (AvgIpc) is 2.78. The summed E-state index contributed by atoms with van der Waals surface area (Å²) in [6, 6.07) is 1.87. The van der Waals surface area contributed by atoms with Crippen LogP contribution in [0.2, 0.25) is 0 Å². The molecule has 0 unspecified atom stereocenters. The molecule has 0 aliphatic carbocycles. The molecule has 0 spiro atoms. The molecule has 2 heterocycles. The zero-order valence-corrected chi connectivity index (χ0v) is 12.0. The van der Waals surface area contributed by atoms with Crippen molar-refractivity contribution in [2.45, 2.75) is 26.3 Å². The van der Waals surface area contributed by atoms with Crippen LogP contribution in [0.1, 0.15) is 31.3 Å². The fraction of sp³-hybridized carbons (Fsp3) is 0.364. The maximum absolute atomic E-state index is 4.46. The van der Waals surface area contributed by atoms with Gasteiger partial charge < -0.3 is 5.32 Å². The average molecular weight is 313 g/mol. The molecule has 2 rings (SSSR count). The summed E-state index contributed by atoms with van der Waals surface area (Å²) in [4.78, 5) is 13.0. The molecule has 6 heteroatoms. The largest absolute Gasteiger partial charge is 0.364 e. The number of aromatic nitrogens is 3. The van der Waals surface area contributed by atoms with Crippen LogP contribution in [-0.4, -0.2) is 15.0 Å². The van der Waals surface area contributed by atoms with Gasteiger partial charge in [-0.2, -0.15) is 0 Å². The normalized spacial score (nSPS) is 10.8. The van der Waals surface area contributed by atoms with E-state index in [1.54, 1.807) is 11.3 Å². The maximum atomic E-state index is 4.46. The van der Waals surface area contributed by atoms with E-state index in [1.807, 2.05) is 17.0 Å². The van der Waals surface area contributed by atoms with Crippen molar-refractivity contribution < 1.29 is 0 Å². The van der Waals surface area contributed by atoms with E-state index in [-0.39, 0.29) is 0 Å². The Morgan fingerprint density at radius 1 is 1.41 bits per heavy atom. The zero-order chi connectivity index (χ0) is 12.3. The van der Waals surface area contributed by atoms with Crippen LogP contribution in [0.25, 0.3) is 0 Å². The van der Waals surface area contributed by atoms with Crippen molar-refractivity contribution in [1.82, 2.24) is 15.0 Å². The first-order chi connectivity index (χ1) is 8.15. The van der Waals surface area contributed by atoms with Crippen LogP contribution in [0.3, 0.4) is 0 Å². The molecule has 0 bridgehead atoms. The van der Waals surface area contributed by atoms with Gasteiger partial charge in [-0.25, -0.2) is 15.0 Å². The number of nitrogens with one attached hydrogen (secondary N) is 1. The topological polar surface area (TPSA) is 50.7 Å². The van der Waals surface area contributed by atoms with Crippen LogP contribution in [-0.2, 0) is 6.54 Å². The lowest BCUT2D eigenvalue weighted by Crippen LogP contribution is -2.05. The van der Waals surface area contributed by atoms with E-state index in [0.29, 0.717) is 12.5 Å². The molecular weight excluding hydrogens is 300 g/mol. The van der Waals surface area contributed by atoms with Gasteiger partial charge in [0.25, 0.3) is 0 Å². The predicted octanol–water partition coefficient (Wildman–Crippen LogP) is 3.43. The van der Waals surface area contributed by atoms with Crippen LogP contribution in [0, 0.1) is 0 Å². The molecule has 0 radical (unpaired) electrons. The third-order valence-electron chi connectivity index (χ3n) is 2.16. The van der Waals surface area contributed by atoms with Crippen molar-refractivity contribution in [2.75, 3.05) is 5.32 Å². The van der Waals surface area contributed by atoms with E-state index < -0.39 is 0 Å². The molecule has 90 valence electrons. The number of rotatable bonds is 4. The summed E-state index contributed by atoms with van der Waals surface area (Å²) >= 11 is 4.99. The van der Waals surface area contributed by atoms with Gasteiger partial charge in [-0.15, -0.1) is 11.3 Å². The van der Waals surface area contributed by atoms with E-state index in [9.17, 15) is 0 Å². The molecule has 2 aromatic heterocycles. The van der Waals surface area contributed by atoms with Gasteiger partial charge in [0.05, 0.1) is 17.7 Å². The monoisotopic (exact) mass is 312 g/mol. The molecule has 4 nitrogen and oxygen atoms in total. The first-order valence-corrected chi connectivity index (χ1v) is 7.04. The van der Waals surface area contributed by atoms with Gasteiger partial charge in [0.15, 0.2) is 0 Å². The number of halogens is 1. The Bertz CT molecular complexity index is 484. The molecule has 0 fully saturated rings. The molecule has 0 atom stereocenters. The Balaban J connectivity index is 2.10. The van der Waals surface area contributed by atoms with E-state index in [0.717, 1.165) is 21.9 Å². The summed E-state index contributed by atoms with van der Waals surface area (Å²) in [5.74, 6) is 1.97. The minimum atomic E-state index is 0.312. The van der Waals surface area contributed by atoms with Gasteiger partial charge in [0.2, 0.25) is 0 Å². The number of hydrogen-bond donors (Lipinski definition) is 1. The minimum Gasteiger partial charge on any atom is -0.364 e. The van der Waals surface area contributed by atoms with Crippen molar-refractivity contribution in [3.8, 4) is 0 Å². The number of anilines is 1. The molecule has 0 aliphatic rings. The Morgan fingerprint density at radius 2 is 2.24 bits per heavy atom. The lowest BCUT2D eigenvalue weighted by atomic mass is 10.2. The van der Waals surface area contributed by atoms with Crippen LogP contribution >= 0.6 is 27.3 Å². The summed E-state index contributed by atoms with van der Waals surface area (Å²) in [5, 5.41) is 5.27. The summed E-state index contributed by atoms with van der Waals surface area (Å²) < 4.78 is 0.803. The summed E-state index contributed by atoms with van der Waals surface area (Å²) in [6.45, 7) is 4.84. The third kappa shape index (κ3) is 3.47. The fourth-order valence-electron chi connectivity index (χ4n) is 1.29. The van der Waals surface area contributed by atoms with Crippen LogP contribution in [0.4, 0.5) is 5.82 Å². The van der Waals surface area contributed by atoms with Gasteiger partial charge in [0.1, 0.15) is 16.2 Å². The van der Waals surface area contributed by atoms with Crippen molar-refractivity contribution in [3.63, 3.8) is 0 Å². The summed E-state index contributed by atoms with van der Waals surface area (Å²) in [5.41, 5.74) is 2.85. The first-order valence-electron chi connectivity index (χ1n) is 5.30. The lowest BCUT2D eigenvalue weighted by Gasteiger charge is -2.08. The highest BCUT2D eigenvalue weighted by Crippen LogP contribution is 2.17. The van der Waals surface area contributed by atoms with Crippen molar-refractivity contribution in [2.24, 2.45) is 0 Å². The number of hydrogen-bond acceptors (Lipinski definition) is 5. The number of nitrogens with zero attached hydrogens (tertiary/aromatic N) is 3. The molecule has 0 aliphatic heterocycles. The highest BCUT2D eigenvalue weighted by atomic mass is 79.9. The molecule has 0 saturated heterocycles. The Morgan fingerprint density at radius 3 is 2.88 bits per heavy atom. The van der Waals surface area contributed by atoms with E-state index in [4.69, 9.17) is 0 Å².